The molecule has 0 radical (unpaired) electrons. The van der Waals surface area contributed by atoms with Gasteiger partial charge in [-0.25, -0.2) is 0 Å². The molecular weight excluding hydrogens is 312 g/mol. The van der Waals surface area contributed by atoms with Gasteiger partial charge in [0, 0.05) is 31.5 Å². The first-order valence-corrected chi connectivity index (χ1v) is 9.16. The highest BCUT2D eigenvalue weighted by Crippen LogP contribution is 2.21. The highest BCUT2D eigenvalue weighted by atomic mass is 16.3. The highest BCUT2D eigenvalue weighted by molar-refractivity contribution is 5.57. The van der Waals surface area contributed by atoms with Gasteiger partial charge < -0.3 is 14.3 Å². The monoisotopic (exact) mass is 336 g/mol. The number of hydrogen-bond donors (Lipinski definition) is 1. The molecule has 4 rings (SSSR count). The first kappa shape index (κ1) is 16.1. The number of furan rings is 1. The van der Waals surface area contributed by atoms with Gasteiger partial charge in [0.05, 0.1) is 6.54 Å². The van der Waals surface area contributed by atoms with Crippen molar-refractivity contribution in [2.75, 3.05) is 6.54 Å². The third-order valence-corrected chi connectivity index (χ3v) is 4.73. The van der Waals surface area contributed by atoms with E-state index in [1.165, 1.54) is 19.3 Å². The Morgan fingerprint density at radius 2 is 1.92 bits per heavy atom. The summed E-state index contributed by atoms with van der Waals surface area (Å²) in [6.07, 6.45) is 5.73. The number of nitrogens with zero attached hydrogens (tertiary/aromatic N) is 3. The van der Waals surface area contributed by atoms with E-state index in [4.69, 9.17) is 4.42 Å². The summed E-state index contributed by atoms with van der Waals surface area (Å²) in [5.41, 5.74) is 1.11. The van der Waals surface area contributed by atoms with Crippen LogP contribution in [-0.2, 0) is 25.9 Å². The van der Waals surface area contributed by atoms with Crippen molar-refractivity contribution in [3.05, 3.63) is 59.9 Å². The molecule has 3 heterocycles. The summed E-state index contributed by atoms with van der Waals surface area (Å²) in [5, 5.41) is 12.2. The molecule has 0 aliphatic carbocycles. The van der Waals surface area contributed by atoms with Crippen molar-refractivity contribution in [1.82, 2.24) is 20.1 Å². The topological polar surface area (TPSA) is 55.9 Å². The van der Waals surface area contributed by atoms with E-state index in [1.807, 2.05) is 30.3 Å². The van der Waals surface area contributed by atoms with Gasteiger partial charge in [-0.15, -0.1) is 10.2 Å². The van der Waals surface area contributed by atoms with Crippen LogP contribution in [0, 0.1) is 0 Å². The molecule has 2 aromatic heterocycles. The van der Waals surface area contributed by atoms with Crippen LogP contribution in [0.2, 0.25) is 0 Å². The predicted octanol–water partition coefficient (Wildman–Crippen LogP) is 3.60. The lowest BCUT2D eigenvalue weighted by atomic mass is 10.2. The maximum atomic E-state index is 5.92. The maximum absolute atomic E-state index is 5.92. The van der Waals surface area contributed by atoms with E-state index in [0.717, 1.165) is 61.2 Å². The van der Waals surface area contributed by atoms with Gasteiger partial charge in [0.2, 0.25) is 0 Å². The Kier molecular flexibility index (Phi) is 4.93. The van der Waals surface area contributed by atoms with E-state index in [2.05, 4.69) is 32.2 Å². The largest absolute Gasteiger partial charge is 0.460 e. The molecule has 0 spiro atoms. The van der Waals surface area contributed by atoms with Gasteiger partial charge in [-0.3, -0.25) is 0 Å². The van der Waals surface area contributed by atoms with Crippen molar-refractivity contribution in [3.8, 4) is 11.3 Å². The molecule has 0 saturated heterocycles. The Balaban J connectivity index is 1.29. The van der Waals surface area contributed by atoms with Crippen molar-refractivity contribution >= 4 is 0 Å². The third kappa shape index (κ3) is 3.82. The van der Waals surface area contributed by atoms with E-state index >= 15 is 0 Å². The summed E-state index contributed by atoms with van der Waals surface area (Å²) in [4.78, 5) is 0. The number of aromatic nitrogens is 3. The minimum absolute atomic E-state index is 0.730. The first-order valence-electron chi connectivity index (χ1n) is 9.16. The van der Waals surface area contributed by atoms with Gasteiger partial charge in [0.25, 0.3) is 0 Å². The molecule has 5 heteroatoms. The van der Waals surface area contributed by atoms with Gasteiger partial charge in [-0.1, -0.05) is 36.8 Å². The summed E-state index contributed by atoms with van der Waals surface area (Å²) in [5.74, 6) is 4.14. The van der Waals surface area contributed by atoms with Crippen molar-refractivity contribution in [2.45, 2.75) is 45.2 Å². The zero-order valence-corrected chi connectivity index (χ0v) is 14.4. The summed E-state index contributed by atoms with van der Waals surface area (Å²) in [7, 11) is 0. The molecule has 0 atom stereocenters. The quantitative estimate of drug-likeness (QED) is 0.699. The van der Waals surface area contributed by atoms with Crippen LogP contribution >= 0.6 is 0 Å². The van der Waals surface area contributed by atoms with Crippen molar-refractivity contribution in [2.24, 2.45) is 0 Å². The number of aryl methyl sites for hydroxylation is 1. The Morgan fingerprint density at radius 1 is 1.00 bits per heavy atom. The van der Waals surface area contributed by atoms with Crippen LogP contribution < -0.4 is 5.32 Å². The predicted molar refractivity (Wildman–Crippen MR) is 97.1 cm³/mol. The van der Waals surface area contributed by atoms with Crippen LogP contribution in [0.15, 0.2) is 46.9 Å². The Morgan fingerprint density at radius 3 is 2.84 bits per heavy atom. The van der Waals surface area contributed by atoms with Crippen LogP contribution in [0.25, 0.3) is 11.3 Å². The standard InChI is InChI=1S/C20H24N4O/c1-3-7-16(8-4-1)18-11-10-17(25-18)15-21-13-12-20-23-22-19-9-5-2-6-14-24(19)20/h1,3-4,7-8,10-11,21H,2,5-6,9,12-15H2. The Hall–Kier alpha value is -2.40. The molecule has 1 aliphatic heterocycles. The van der Waals surface area contributed by atoms with Crippen molar-refractivity contribution in [1.29, 1.82) is 0 Å². The maximum Gasteiger partial charge on any atom is 0.134 e. The normalized spacial score (nSPS) is 14.2. The number of fused-ring (bicyclic) bond motifs is 1. The average molecular weight is 336 g/mol. The summed E-state index contributed by atoms with van der Waals surface area (Å²) >= 11 is 0. The van der Waals surface area contributed by atoms with Crippen LogP contribution in [0.4, 0.5) is 0 Å². The SMILES string of the molecule is c1ccc(-c2ccc(CNCCc3nnc4n3CCCCC4)o2)cc1. The van der Waals surface area contributed by atoms with E-state index in [9.17, 15) is 0 Å². The van der Waals surface area contributed by atoms with E-state index < -0.39 is 0 Å². The molecular formula is C20H24N4O. The fourth-order valence-electron chi connectivity index (χ4n) is 3.37. The fourth-order valence-corrected chi connectivity index (χ4v) is 3.37. The lowest BCUT2D eigenvalue weighted by molar-refractivity contribution is 0.491. The zero-order chi connectivity index (χ0) is 16.9. The second kappa shape index (κ2) is 7.66. The van der Waals surface area contributed by atoms with Gasteiger partial charge in [0.15, 0.2) is 0 Å². The number of rotatable bonds is 6. The molecule has 0 amide bonds. The molecule has 1 aromatic carbocycles. The Labute approximate surface area is 148 Å². The van der Waals surface area contributed by atoms with Crippen LogP contribution in [0.5, 0.6) is 0 Å². The third-order valence-electron chi connectivity index (χ3n) is 4.73. The zero-order valence-electron chi connectivity index (χ0n) is 14.4. The molecule has 3 aromatic rings. The molecule has 0 fully saturated rings. The smallest absolute Gasteiger partial charge is 0.134 e. The van der Waals surface area contributed by atoms with Crippen molar-refractivity contribution in [3.63, 3.8) is 0 Å². The summed E-state index contributed by atoms with van der Waals surface area (Å²) in [6.45, 7) is 2.67. The molecule has 130 valence electrons. The molecule has 1 aliphatic rings. The number of nitrogens with one attached hydrogen (secondary N) is 1. The fraction of sp³-hybridized carbons (Fsp3) is 0.400. The lowest BCUT2D eigenvalue weighted by Crippen LogP contribution is -2.18. The molecule has 0 unspecified atom stereocenters. The van der Waals surface area contributed by atoms with Gasteiger partial charge in [0.1, 0.15) is 23.2 Å². The van der Waals surface area contributed by atoms with Crippen LogP contribution in [0.3, 0.4) is 0 Å². The minimum Gasteiger partial charge on any atom is -0.460 e. The number of hydrogen-bond acceptors (Lipinski definition) is 4. The van der Waals surface area contributed by atoms with E-state index in [-0.39, 0.29) is 0 Å². The highest BCUT2D eigenvalue weighted by Gasteiger charge is 2.14. The van der Waals surface area contributed by atoms with E-state index in [1.54, 1.807) is 0 Å². The number of benzene rings is 1. The second-order valence-corrected chi connectivity index (χ2v) is 6.55. The summed E-state index contributed by atoms with van der Waals surface area (Å²) < 4.78 is 8.23. The van der Waals surface area contributed by atoms with E-state index in [0.29, 0.717) is 0 Å². The molecule has 0 bridgehead atoms. The lowest BCUT2D eigenvalue weighted by Gasteiger charge is -2.07. The van der Waals surface area contributed by atoms with Gasteiger partial charge in [-0.05, 0) is 25.0 Å². The van der Waals surface area contributed by atoms with Gasteiger partial charge in [-0.2, -0.15) is 0 Å². The van der Waals surface area contributed by atoms with Gasteiger partial charge >= 0.3 is 0 Å². The minimum atomic E-state index is 0.730. The Bertz CT molecular complexity index is 806. The van der Waals surface area contributed by atoms with Crippen LogP contribution in [-0.4, -0.2) is 21.3 Å². The molecule has 1 N–H and O–H groups in total. The summed E-state index contributed by atoms with van der Waals surface area (Å²) in [6, 6.07) is 14.3. The molecule has 0 saturated carbocycles. The van der Waals surface area contributed by atoms with Crippen molar-refractivity contribution < 1.29 is 4.42 Å². The first-order chi connectivity index (χ1) is 12.4. The molecule has 25 heavy (non-hydrogen) atoms. The van der Waals surface area contributed by atoms with Crippen LogP contribution in [0.1, 0.15) is 36.7 Å². The average Bonchev–Trinajstić information content (AvgIpc) is 3.20. The second-order valence-electron chi connectivity index (χ2n) is 6.55. The molecule has 5 nitrogen and oxygen atoms in total.